The van der Waals surface area contributed by atoms with Crippen molar-refractivity contribution in [1.29, 1.82) is 5.26 Å². The van der Waals surface area contributed by atoms with Gasteiger partial charge in [-0.05, 0) is 89.2 Å². The van der Waals surface area contributed by atoms with Crippen LogP contribution in [0.15, 0.2) is 68.1 Å². The van der Waals surface area contributed by atoms with Crippen molar-refractivity contribution in [3.8, 4) is 6.07 Å². The zero-order valence-corrected chi connectivity index (χ0v) is 33.5. The number of aliphatic imine (C=N–C) groups is 2. The van der Waals surface area contributed by atoms with Crippen LogP contribution < -0.4 is 10.9 Å². The Bertz CT molecular complexity index is 1930. The number of hydrogen-bond donors (Lipinski definition) is 0. The number of thiocarbonyl (C=S) groups is 1. The van der Waals surface area contributed by atoms with Gasteiger partial charge in [0.25, 0.3) is 0 Å². The quantitative estimate of drug-likeness (QED) is 0.0496. The lowest BCUT2D eigenvalue weighted by Gasteiger charge is -2.18. The molecule has 0 atom stereocenters. The van der Waals surface area contributed by atoms with Gasteiger partial charge in [0.2, 0.25) is 0 Å². The first-order valence-corrected chi connectivity index (χ1v) is 20.0. The summed E-state index contributed by atoms with van der Waals surface area (Å²) in [6.45, 7) is 12.8. The summed E-state index contributed by atoms with van der Waals surface area (Å²) in [7, 11) is 0. The van der Waals surface area contributed by atoms with Gasteiger partial charge in [-0.25, -0.2) is 4.99 Å². The molecule has 0 N–H and O–H groups in total. The maximum Gasteiger partial charge on any atom is 0.192 e. The number of isothiocyanates is 1. The van der Waals surface area contributed by atoms with Crippen LogP contribution in [-0.4, -0.2) is 25.6 Å². The molecular formula is C42H57N5O2S2. The molecule has 51 heavy (non-hydrogen) atoms. The SMILES string of the molecule is CC#N.CCCCCCCc1c(C)c(=O)c2ccccc2n1CN=C(C)SC.CCCCCCCc1c(C)c(=O)c2ccccc2n1CN=C=S. The molecule has 0 unspecified atom stereocenters. The molecule has 0 amide bonds. The number of rotatable bonds is 16. The molecule has 0 saturated carbocycles. The van der Waals surface area contributed by atoms with E-state index in [4.69, 9.17) is 22.5 Å². The van der Waals surface area contributed by atoms with Crippen LogP contribution in [0.5, 0.6) is 0 Å². The molecule has 0 saturated heterocycles. The number of aromatic nitrogens is 2. The Morgan fingerprint density at radius 1 is 0.745 bits per heavy atom. The third kappa shape index (κ3) is 13.0. The van der Waals surface area contributed by atoms with E-state index in [1.807, 2.05) is 75.6 Å². The molecule has 0 fully saturated rings. The fourth-order valence-electron chi connectivity index (χ4n) is 6.26. The highest BCUT2D eigenvalue weighted by molar-refractivity contribution is 8.13. The number of thioether (sulfide) groups is 1. The molecule has 0 aliphatic carbocycles. The topological polar surface area (TPSA) is 92.5 Å². The summed E-state index contributed by atoms with van der Waals surface area (Å²) in [5.74, 6) is 0. The average molecular weight is 728 g/mol. The number of benzene rings is 2. The lowest BCUT2D eigenvalue weighted by Crippen LogP contribution is -2.19. The van der Waals surface area contributed by atoms with Gasteiger partial charge < -0.3 is 9.13 Å². The zero-order valence-electron chi connectivity index (χ0n) is 31.9. The van der Waals surface area contributed by atoms with Gasteiger partial charge in [-0.1, -0.05) is 89.5 Å². The highest BCUT2D eigenvalue weighted by atomic mass is 32.2. The van der Waals surface area contributed by atoms with Gasteiger partial charge in [-0.2, -0.15) is 5.26 Å². The minimum atomic E-state index is 0.131. The second-order valence-electron chi connectivity index (χ2n) is 12.7. The Labute approximate surface area is 314 Å². The van der Waals surface area contributed by atoms with Crippen LogP contribution in [0, 0.1) is 25.2 Å². The highest BCUT2D eigenvalue weighted by Crippen LogP contribution is 2.21. The molecule has 0 bridgehead atoms. The molecule has 7 nitrogen and oxygen atoms in total. The first kappa shape index (κ1) is 43.3. The van der Waals surface area contributed by atoms with Crippen LogP contribution in [0.2, 0.25) is 0 Å². The summed E-state index contributed by atoms with van der Waals surface area (Å²) in [5, 5.41) is 12.4. The van der Waals surface area contributed by atoms with E-state index in [2.05, 4.69) is 33.1 Å². The van der Waals surface area contributed by atoms with Crippen LogP contribution in [0.4, 0.5) is 0 Å². The fourth-order valence-corrected chi connectivity index (χ4v) is 6.50. The van der Waals surface area contributed by atoms with Gasteiger partial charge in [-0.15, -0.1) is 11.8 Å². The van der Waals surface area contributed by atoms with E-state index in [1.54, 1.807) is 17.8 Å². The van der Waals surface area contributed by atoms with E-state index in [0.717, 1.165) is 75.0 Å². The molecule has 0 aliphatic rings. The summed E-state index contributed by atoms with van der Waals surface area (Å²) < 4.78 is 4.36. The first-order valence-electron chi connectivity index (χ1n) is 18.3. The number of nitriles is 1. The predicted octanol–water partition coefficient (Wildman–Crippen LogP) is 11.0. The molecule has 2 aromatic heterocycles. The fraction of sp³-hybridized carbons (Fsp3) is 0.500. The van der Waals surface area contributed by atoms with Gasteiger partial charge in [0.05, 0.1) is 27.3 Å². The van der Waals surface area contributed by atoms with E-state index in [9.17, 15) is 9.59 Å². The van der Waals surface area contributed by atoms with Crippen LogP contribution >= 0.6 is 24.0 Å². The van der Waals surface area contributed by atoms with Gasteiger partial charge in [0.1, 0.15) is 13.3 Å². The third-order valence-electron chi connectivity index (χ3n) is 9.12. The number of fused-ring (bicyclic) bond motifs is 2. The second kappa shape index (κ2) is 24.4. The standard InChI is InChI=1S/C21H30N2OS.C19H24N2OS.C2H3N/c1-5-6-7-8-9-13-19-16(2)21(24)18-12-10-11-14-20(18)23(19)15-22-17(3)25-4;1-3-4-5-6-7-11-17-15(2)19(22)16-10-8-9-12-18(16)21(17)13-20-14-23;1-2-3/h10-12,14H,5-9,13,15H2,1-4H3;8-10,12H,3-7,11,13H2,1-2H3;1H3. The summed E-state index contributed by atoms with van der Waals surface area (Å²) in [4.78, 5) is 34.2. The molecule has 274 valence electrons. The summed E-state index contributed by atoms with van der Waals surface area (Å²) >= 11 is 6.38. The largest absolute Gasteiger partial charge is 0.324 e. The van der Waals surface area contributed by atoms with Crippen molar-refractivity contribution in [2.75, 3.05) is 6.26 Å². The Hall–Kier alpha value is -3.83. The van der Waals surface area contributed by atoms with E-state index in [0.29, 0.717) is 13.3 Å². The predicted molar refractivity (Wildman–Crippen MR) is 224 cm³/mol. The normalized spacial score (nSPS) is 10.9. The first-order chi connectivity index (χ1) is 24.7. The number of para-hydroxylation sites is 2. The van der Waals surface area contributed by atoms with Crippen molar-refractivity contribution in [1.82, 2.24) is 9.13 Å². The maximum atomic E-state index is 12.8. The van der Waals surface area contributed by atoms with Gasteiger partial charge >= 0.3 is 0 Å². The van der Waals surface area contributed by atoms with Crippen LogP contribution in [0.25, 0.3) is 21.8 Å². The number of pyridine rings is 2. The lowest BCUT2D eigenvalue weighted by atomic mass is 10.0. The van der Waals surface area contributed by atoms with Gasteiger partial charge in [0, 0.05) is 40.2 Å². The number of hydrogen-bond acceptors (Lipinski definition) is 7. The molecule has 0 radical (unpaired) electrons. The van der Waals surface area contributed by atoms with Crippen LogP contribution in [0.3, 0.4) is 0 Å². The Morgan fingerprint density at radius 3 is 1.57 bits per heavy atom. The van der Waals surface area contributed by atoms with E-state index in [-0.39, 0.29) is 10.9 Å². The van der Waals surface area contributed by atoms with Crippen molar-refractivity contribution < 1.29 is 0 Å². The van der Waals surface area contributed by atoms with Crippen molar-refractivity contribution in [3.05, 3.63) is 91.5 Å². The van der Waals surface area contributed by atoms with Gasteiger partial charge in [-0.3, -0.25) is 14.6 Å². The molecule has 0 aliphatic heterocycles. The van der Waals surface area contributed by atoms with Crippen LogP contribution in [-0.2, 0) is 26.2 Å². The molecular weight excluding hydrogens is 671 g/mol. The number of unbranched alkanes of at least 4 members (excludes halogenated alkanes) is 8. The Morgan fingerprint density at radius 2 is 1.16 bits per heavy atom. The molecule has 2 heterocycles. The van der Waals surface area contributed by atoms with Crippen LogP contribution in [0.1, 0.15) is 114 Å². The highest BCUT2D eigenvalue weighted by Gasteiger charge is 2.15. The molecule has 4 aromatic rings. The monoisotopic (exact) mass is 727 g/mol. The average Bonchev–Trinajstić information content (AvgIpc) is 3.15. The summed E-state index contributed by atoms with van der Waals surface area (Å²) in [6.07, 6.45) is 16.1. The summed E-state index contributed by atoms with van der Waals surface area (Å²) in [5.41, 5.74) is 6.18. The Kier molecular flexibility index (Phi) is 20.7. The minimum absolute atomic E-state index is 0.131. The number of nitrogens with zero attached hydrogens (tertiary/aromatic N) is 5. The van der Waals surface area contributed by atoms with E-state index < -0.39 is 0 Å². The smallest absolute Gasteiger partial charge is 0.192 e. The maximum absolute atomic E-state index is 12.8. The second-order valence-corrected chi connectivity index (χ2v) is 13.8. The lowest BCUT2D eigenvalue weighted by molar-refractivity contribution is 0.607. The molecule has 0 spiro atoms. The zero-order chi connectivity index (χ0) is 37.6. The van der Waals surface area contributed by atoms with E-state index >= 15 is 0 Å². The van der Waals surface area contributed by atoms with E-state index in [1.165, 1.54) is 58.3 Å². The van der Waals surface area contributed by atoms with Crippen molar-refractivity contribution in [3.63, 3.8) is 0 Å². The summed E-state index contributed by atoms with van der Waals surface area (Å²) in [6, 6.07) is 17.4. The minimum Gasteiger partial charge on any atom is -0.324 e. The van der Waals surface area contributed by atoms with Crippen molar-refractivity contribution in [2.24, 2.45) is 9.98 Å². The third-order valence-corrected chi connectivity index (χ3v) is 9.97. The molecule has 2 aromatic carbocycles. The van der Waals surface area contributed by atoms with Crippen molar-refractivity contribution in [2.45, 2.75) is 132 Å². The van der Waals surface area contributed by atoms with Gasteiger partial charge in [0.15, 0.2) is 10.9 Å². The molecule has 9 heteroatoms. The molecule has 4 rings (SSSR count). The Balaban J connectivity index is 0.000000329. The van der Waals surface area contributed by atoms with Crippen molar-refractivity contribution >= 4 is 56.0 Å².